The molecule has 0 aliphatic carbocycles. The molecule has 94 valence electrons. The van der Waals surface area contributed by atoms with Crippen molar-refractivity contribution in [2.45, 2.75) is 32.1 Å². The molecule has 0 saturated carbocycles. The van der Waals surface area contributed by atoms with Gasteiger partial charge in [0.15, 0.2) is 0 Å². The monoisotopic (exact) mass is 240 g/mol. The Balaban J connectivity index is 1.97. The van der Waals surface area contributed by atoms with E-state index in [4.69, 9.17) is 4.98 Å². The first kappa shape index (κ1) is 11.7. The molecule has 0 spiro atoms. The minimum absolute atomic E-state index is 0.662. The summed E-state index contributed by atoms with van der Waals surface area (Å²) in [4.78, 5) is 4.73. The lowest BCUT2D eigenvalue weighted by atomic mass is 9.91. The molecule has 0 amide bonds. The summed E-state index contributed by atoms with van der Waals surface area (Å²) in [5.41, 5.74) is 3.77. The van der Waals surface area contributed by atoms with E-state index in [9.17, 15) is 0 Å². The number of piperidine rings is 1. The minimum Gasteiger partial charge on any atom is -0.316 e. The van der Waals surface area contributed by atoms with Crippen molar-refractivity contribution in [1.82, 2.24) is 10.3 Å². The van der Waals surface area contributed by atoms with Gasteiger partial charge >= 0.3 is 0 Å². The summed E-state index contributed by atoms with van der Waals surface area (Å²) in [5.74, 6) is 0.662. The summed E-state index contributed by atoms with van der Waals surface area (Å²) in [6, 6.07) is 11.1. The molecular weight excluding hydrogens is 220 g/mol. The van der Waals surface area contributed by atoms with Gasteiger partial charge in [0.25, 0.3) is 0 Å². The highest BCUT2D eigenvalue weighted by Gasteiger charge is 2.15. The number of hydrogen-bond acceptors (Lipinski definition) is 2. The third kappa shape index (κ3) is 2.25. The Morgan fingerprint density at radius 2 is 2.17 bits per heavy atom. The number of nitrogens with zero attached hydrogens (tertiary/aromatic N) is 1. The molecule has 1 aromatic heterocycles. The Labute approximate surface area is 108 Å². The molecule has 2 heterocycles. The van der Waals surface area contributed by atoms with Crippen molar-refractivity contribution in [2.75, 3.05) is 13.1 Å². The fourth-order valence-corrected chi connectivity index (χ4v) is 2.76. The van der Waals surface area contributed by atoms with Crippen molar-refractivity contribution in [3.8, 4) is 0 Å². The molecule has 1 fully saturated rings. The second kappa shape index (κ2) is 5.07. The molecular formula is C16H20N2. The van der Waals surface area contributed by atoms with E-state index in [1.165, 1.54) is 36.0 Å². The van der Waals surface area contributed by atoms with Gasteiger partial charge in [0.2, 0.25) is 0 Å². The van der Waals surface area contributed by atoms with Gasteiger partial charge in [-0.3, -0.25) is 4.98 Å². The van der Waals surface area contributed by atoms with Gasteiger partial charge in [0.1, 0.15) is 0 Å². The van der Waals surface area contributed by atoms with E-state index >= 15 is 0 Å². The predicted octanol–water partition coefficient (Wildman–Crippen LogP) is 3.26. The topological polar surface area (TPSA) is 24.9 Å². The largest absolute Gasteiger partial charge is 0.316 e. The zero-order chi connectivity index (χ0) is 12.4. The maximum atomic E-state index is 4.73. The molecule has 0 bridgehead atoms. The number of pyridine rings is 1. The first-order chi connectivity index (χ1) is 8.86. The quantitative estimate of drug-likeness (QED) is 0.871. The summed E-state index contributed by atoms with van der Waals surface area (Å²) >= 11 is 0. The van der Waals surface area contributed by atoms with E-state index < -0.39 is 0 Å². The third-order valence-corrected chi connectivity index (χ3v) is 3.90. The predicted molar refractivity (Wildman–Crippen MR) is 76.0 cm³/mol. The fraction of sp³-hybridized carbons (Fsp3) is 0.438. The average molecular weight is 240 g/mol. The SMILES string of the molecule is CCc1ccc2ccc(C3CCCNC3)cc2n1. The van der Waals surface area contributed by atoms with Crippen LogP contribution < -0.4 is 5.32 Å². The van der Waals surface area contributed by atoms with Crippen molar-refractivity contribution >= 4 is 10.9 Å². The molecule has 3 rings (SSSR count). The molecule has 1 aliphatic rings. The van der Waals surface area contributed by atoms with E-state index in [1.807, 2.05) is 0 Å². The van der Waals surface area contributed by atoms with Gasteiger partial charge in [-0.25, -0.2) is 0 Å². The number of rotatable bonds is 2. The summed E-state index contributed by atoms with van der Waals surface area (Å²) < 4.78 is 0. The van der Waals surface area contributed by atoms with Crippen LogP contribution in [0.15, 0.2) is 30.3 Å². The van der Waals surface area contributed by atoms with E-state index in [1.54, 1.807) is 0 Å². The molecule has 1 atom stereocenters. The Hall–Kier alpha value is -1.41. The van der Waals surface area contributed by atoms with E-state index in [-0.39, 0.29) is 0 Å². The Kier molecular flexibility index (Phi) is 3.28. The number of aryl methyl sites for hydroxylation is 1. The molecule has 1 N–H and O–H groups in total. The normalized spacial score (nSPS) is 20.2. The Morgan fingerprint density at radius 3 is 2.94 bits per heavy atom. The number of nitrogens with one attached hydrogen (secondary N) is 1. The molecule has 2 heteroatoms. The van der Waals surface area contributed by atoms with Crippen molar-refractivity contribution in [1.29, 1.82) is 0 Å². The maximum Gasteiger partial charge on any atom is 0.0708 e. The van der Waals surface area contributed by atoms with Gasteiger partial charge in [-0.05, 0) is 49.4 Å². The fourth-order valence-electron chi connectivity index (χ4n) is 2.76. The van der Waals surface area contributed by atoms with Crippen LogP contribution in [0, 0.1) is 0 Å². The highest BCUT2D eigenvalue weighted by molar-refractivity contribution is 5.79. The van der Waals surface area contributed by atoms with Gasteiger partial charge < -0.3 is 5.32 Å². The molecule has 2 nitrogen and oxygen atoms in total. The van der Waals surface area contributed by atoms with Gasteiger partial charge in [-0.1, -0.05) is 25.1 Å². The minimum atomic E-state index is 0.662. The molecule has 1 aliphatic heterocycles. The van der Waals surface area contributed by atoms with Crippen LogP contribution in [0.4, 0.5) is 0 Å². The number of benzene rings is 1. The average Bonchev–Trinajstić information content (AvgIpc) is 2.47. The standard InChI is InChI=1S/C16H20N2/c1-2-15-8-7-12-5-6-13(10-16(12)18-15)14-4-3-9-17-11-14/h5-8,10,14,17H,2-4,9,11H2,1H3. The Morgan fingerprint density at radius 1 is 1.28 bits per heavy atom. The summed E-state index contributed by atoms with van der Waals surface area (Å²) in [5, 5.41) is 4.73. The van der Waals surface area contributed by atoms with Crippen LogP contribution in [-0.4, -0.2) is 18.1 Å². The third-order valence-electron chi connectivity index (χ3n) is 3.90. The zero-order valence-corrected chi connectivity index (χ0v) is 10.9. The lowest BCUT2D eigenvalue weighted by Crippen LogP contribution is -2.28. The number of hydrogen-bond donors (Lipinski definition) is 1. The first-order valence-electron chi connectivity index (χ1n) is 6.97. The van der Waals surface area contributed by atoms with Crippen LogP contribution in [0.25, 0.3) is 10.9 Å². The van der Waals surface area contributed by atoms with Gasteiger partial charge in [-0.15, -0.1) is 0 Å². The van der Waals surface area contributed by atoms with E-state index in [2.05, 4.69) is 42.6 Å². The second-order valence-electron chi connectivity index (χ2n) is 5.15. The molecule has 2 aromatic rings. The van der Waals surface area contributed by atoms with Crippen molar-refractivity contribution in [3.63, 3.8) is 0 Å². The lowest BCUT2D eigenvalue weighted by Gasteiger charge is -2.23. The van der Waals surface area contributed by atoms with Crippen LogP contribution in [0.1, 0.15) is 36.9 Å². The van der Waals surface area contributed by atoms with Crippen LogP contribution in [0.5, 0.6) is 0 Å². The van der Waals surface area contributed by atoms with Crippen molar-refractivity contribution in [2.24, 2.45) is 0 Å². The summed E-state index contributed by atoms with van der Waals surface area (Å²) in [6.07, 6.45) is 3.59. The first-order valence-corrected chi connectivity index (χ1v) is 6.97. The van der Waals surface area contributed by atoms with Gasteiger partial charge in [0.05, 0.1) is 5.52 Å². The zero-order valence-electron chi connectivity index (χ0n) is 10.9. The molecule has 1 aromatic carbocycles. The molecule has 1 saturated heterocycles. The lowest BCUT2D eigenvalue weighted by molar-refractivity contribution is 0.462. The van der Waals surface area contributed by atoms with Crippen LogP contribution in [0.3, 0.4) is 0 Å². The van der Waals surface area contributed by atoms with Crippen molar-refractivity contribution < 1.29 is 0 Å². The number of fused-ring (bicyclic) bond motifs is 1. The van der Waals surface area contributed by atoms with Crippen LogP contribution in [-0.2, 0) is 6.42 Å². The maximum absolute atomic E-state index is 4.73. The number of aromatic nitrogens is 1. The molecule has 1 unspecified atom stereocenters. The van der Waals surface area contributed by atoms with E-state index in [0.717, 1.165) is 18.5 Å². The van der Waals surface area contributed by atoms with Crippen LogP contribution >= 0.6 is 0 Å². The highest BCUT2D eigenvalue weighted by Crippen LogP contribution is 2.26. The highest BCUT2D eigenvalue weighted by atomic mass is 14.9. The summed E-state index contributed by atoms with van der Waals surface area (Å²) in [6.45, 7) is 4.43. The van der Waals surface area contributed by atoms with Crippen molar-refractivity contribution in [3.05, 3.63) is 41.6 Å². The molecule has 0 radical (unpaired) electrons. The summed E-state index contributed by atoms with van der Waals surface area (Å²) in [7, 11) is 0. The van der Waals surface area contributed by atoms with Crippen LogP contribution in [0.2, 0.25) is 0 Å². The molecule has 18 heavy (non-hydrogen) atoms. The van der Waals surface area contributed by atoms with Gasteiger partial charge in [0, 0.05) is 17.6 Å². The Bertz CT molecular complexity index is 542. The van der Waals surface area contributed by atoms with E-state index in [0.29, 0.717) is 5.92 Å². The smallest absolute Gasteiger partial charge is 0.0708 e. The van der Waals surface area contributed by atoms with Gasteiger partial charge in [-0.2, -0.15) is 0 Å². The second-order valence-corrected chi connectivity index (χ2v) is 5.15.